The molecule has 0 aliphatic carbocycles. The van der Waals surface area contributed by atoms with Crippen LogP contribution in [0.25, 0.3) is 0 Å². The average Bonchev–Trinajstić information content (AvgIpc) is 2.95. The molecular weight excluding hydrogens is 467 g/mol. The first-order valence-corrected chi connectivity index (χ1v) is 11.2. The molecule has 2 atom stereocenters. The number of halogens is 1. The molecule has 0 saturated carbocycles. The molecule has 26 heavy (non-hydrogen) atoms. The Kier molecular flexibility index (Phi) is 5.82. The van der Waals surface area contributed by atoms with Crippen LogP contribution in [0, 0.1) is 14.9 Å². The second-order valence-electron chi connectivity index (χ2n) is 8.09. The van der Waals surface area contributed by atoms with E-state index in [-0.39, 0.29) is 11.0 Å². The summed E-state index contributed by atoms with van der Waals surface area (Å²) in [5, 5.41) is 5.69. The molecule has 0 aromatic carbocycles. The summed E-state index contributed by atoms with van der Waals surface area (Å²) in [6.07, 6.45) is 4.40. The first-order valence-electron chi connectivity index (χ1n) is 8.87. The van der Waals surface area contributed by atoms with Gasteiger partial charge in [-0.2, -0.15) is 0 Å². The number of piperidine rings is 1. The Bertz CT molecular complexity index is 759. The lowest BCUT2D eigenvalue weighted by Crippen LogP contribution is -2.47. The smallest absolute Gasteiger partial charge is 0.268 e. The van der Waals surface area contributed by atoms with Crippen LogP contribution in [0.4, 0.5) is 5.95 Å². The van der Waals surface area contributed by atoms with E-state index in [1.54, 1.807) is 17.8 Å². The van der Waals surface area contributed by atoms with Gasteiger partial charge in [-0.05, 0) is 61.6 Å². The summed E-state index contributed by atoms with van der Waals surface area (Å²) >= 11 is 2.02. The van der Waals surface area contributed by atoms with Crippen LogP contribution < -0.4 is 15.6 Å². The van der Waals surface area contributed by atoms with E-state index < -0.39 is 15.7 Å². The van der Waals surface area contributed by atoms with Crippen LogP contribution in [-0.2, 0) is 22.8 Å². The molecule has 146 valence electrons. The van der Waals surface area contributed by atoms with Crippen LogP contribution in [0.1, 0.15) is 33.1 Å². The lowest BCUT2D eigenvalue weighted by atomic mass is 9.68. The van der Waals surface area contributed by atoms with Crippen molar-refractivity contribution in [2.24, 2.45) is 23.5 Å². The fourth-order valence-electron chi connectivity index (χ4n) is 4.16. The van der Waals surface area contributed by atoms with Gasteiger partial charge in [0.25, 0.3) is 5.56 Å². The van der Waals surface area contributed by atoms with Crippen LogP contribution in [-0.4, -0.2) is 44.8 Å². The van der Waals surface area contributed by atoms with Crippen molar-refractivity contribution >= 4 is 39.5 Å². The van der Waals surface area contributed by atoms with Crippen molar-refractivity contribution < 1.29 is 8.95 Å². The Balaban J connectivity index is 1.74. The minimum atomic E-state index is -1.35. The molecule has 2 saturated heterocycles. The Morgan fingerprint density at radius 3 is 2.73 bits per heavy atom. The SMILES string of the molecule is Cn1c(N2CCC3(CC2)COC[C@H]3CC(C)(C)S(N)=O)ncc(I)c1=O. The fourth-order valence-corrected chi connectivity index (χ4v) is 5.02. The standard InChI is InChI=1S/C17H27IN4O3S/c1-16(2,26(19)24)8-12-10-25-11-17(12)4-6-22(7-5-17)15-20-9-13(18)14(23)21(15)3/h9,12H,4-8,10-11,19H2,1-3H3/t12-,26?/m1/s1. The molecule has 0 radical (unpaired) electrons. The minimum Gasteiger partial charge on any atom is -0.381 e. The van der Waals surface area contributed by atoms with E-state index >= 15 is 0 Å². The van der Waals surface area contributed by atoms with E-state index in [0.29, 0.717) is 16.1 Å². The highest BCUT2D eigenvalue weighted by atomic mass is 127. The molecule has 1 unspecified atom stereocenters. The lowest BCUT2D eigenvalue weighted by Gasteiger charge is -2.44. The van der Waals surface area contributed by atoms with Crippen molar-refractivity contribution in [1.82, 2.24) is 9.55 Å². The zero-order valence-electron chi connectivity index (χ0n) is 15.5. The predicted molar refractivity (Wildman–Crippen MR) is 111 cm³/mol. The molecule has 0 amide bonds. The van der Waals surface area contributed by atoms with Crippen molar-refractivity contribution in [2.45, 2.75) is 37.9 Å². The van der Waals surface area contributed by atoms with Gasteiger partial charge < -0.3 is 9.64 Å². The molecule has 2 aliphatic rings. The fraction of sp³-hybridized carbons (Fsp3) is 0.765. The summed E-state index contributed by atoms with van der Waals surface area (Å²) in [7, 11) is 0.423. The van der Waals surface area contributed by atoms with Gasteiger partial charge in [0.15, 0.2) is 0 Å². The van der Waals surface area contributed by atoms with Crippen LogP contribution >= 0.6 is 22.6 Å². The van der Waals surface area contributed by atoms with Gasteiger partial charge >= 0.3 is 0 Å². The normalized spacial score (nSPS) is 24.2. The zero-order valence-corrected chi connectivity index (χ0v) is 18.5. The third-order valence-corrected chi connectivity index (χ3v) is 8.00. The number of hydrogen-bond acceptors (Lipinski definition) is 5. The number of hydrogen-bond donors (Lipinski definition) is 1. The van der Waals surface area contributed by atoms with Gasteiger partial charge in [0.1, 0.15) is 0 Å². The van der Waals surface area contributed by atoms with E-state index in [4.69, 9.17) is 9.88 Å². The number of anilines is 1. The summed E-state index contributed by atoms with van der Waals surface area (Å²) in [6, 6.07) is 0. The average molecular weight is 494 g/mol. The summed E-state index contributed by atoms with van der Waals surface area (Å²) in [5.74, 6) is 1.09. The second kappa shape index (κ2) is 7.48. The third kappa shape index (κ3) is 3.72. The van der Waals surface area contributed by atoms with Crippen LogP contribution in [0.3, 0.4) is 0 Å². The highest BCUT2D eigenvalue weighted by Gasteiger charge is 2.48. The molecule has 2 N–H and O–H groups in total. The number of nitrogens with zero attached hydrogens (tertiary/aromatic N) is 3. The van der Waals surface area contributed by atoms with Crippen molar-refractivity contribution in [3.8, 4) is 0 Å². The van der Waals surface area contributed by atoms with Crippen LogP contribution in [0.2, 0.25) is 0 Å². The van der Waals surface area contributed by atoms with Gasteiger partial charge in [-0.15, -0.1) is 0 Å². The highest BCUT2D eigenvalue weighted by molar-refractivity contribution is 14.1. The van der Waals surface area contributed by atoms with E-state index in [9.17, 15) is 9.00 Å². The van der Waals surface area contributed by atoms with E-state index in [2.05, 4.69) is 9.88 Å². The maximum absolute atomic E-state index is 12.2. The summed E-state index contributed by atoms with van der Waals surface area (Å²) in [4.78, 5) is 18.8. The van der Waals surface area contributed by atoms with E-state index in [1.807, 2.05) is 36.4 Å². The van der Waals surface area contributed by atoms with Gasteiger partial charge in [0.2, 0.25) is 5.95 Å². The monoisotopic (exact) mass is 494 g/mol. The largest absolute Gasteiger partial charge is 0.381 e. The van der Waals surface area contributed by atoms with Crippen molar-refractivity contribution in [3.63, 3.8) is 0 Å². The summed E-state index contributed by atoms with van der Waals surface area (Å²) < 4.78 is 19.5. The third-order valence-electron chi connectivity index (χ3n) is 6.00. The number of aromatic nitrogens is 2. The number of ether oxygens (including phenoxy) is 1. The van der Waals surface area contributed by atoms with E-state index in [0.717, 1.165) is 44.9 Å². The van der Waals surface area contributed by atoms with Crippen LogP contribution in [0.15, 0.2) is 11.0 Å². The maximum Gasteiger partial charge on any atom is 0.268 e. The van der Waals surface area contributed by atoms with Gasteiger partial charge in [-0.25, -0.2) is 9.19 Å². The molecule has 3 rings (SSSR count). The molecule has 7 nitrogen and oxygen atoms in total. The minimum absolute atomic E-state index is 0.00913. The highest BCUT2D eigenvalue weighted by Crippen LogP contribution is 2.47. The van der Waals surface area contributed by atoms with Gasteiger partial charge in [-0.1, -0.05) is 0 Å². The first-order chi connectivity index (χ1) is 12.2. The molecule has 1 aromatic rings. The number of rotatable bonds is 4. The number of nitrogens with two attached hydrogens (primary N) is 1. The summed E-state index contributed by atoms with van der Waals surface area (Å²) in [5.41, 5.74) is 0.0972. The zero-order chi connectivity index (χ0) is 19.1. The van der Waals surface area contributed by atoms with Crippen molar-refractivity contribution in [3.05, 3.63) is 20.1 Å². The van der Waals surface area contributed by atoms with Gasteiger partial charge in [-0.3, -0.25) is 14.5 Å². The Morgan fingerprint density at radius 1 is 1.46 bits per heavy atom. The Morgan fingerprint density at radius 2 is 2.12 bits per heavy atom. The molecular formula is C17H27IN4O3S. The quantitative estimate of drug-likeness (QED) is 0.640. The molecule has 1 aromatic heterocycles. The summed E-state index contributed by atoms with van der Waals surface area (Å²) in [6.45, 7) is 7.07. The topological polar surface area (TPSA) is 90.4 Å². The van der Waals surface area contributed by atoms with Crippen LogP contribution in [0.5, 0.6) is 0 Å². The van der Waals surface area contributed by atoms with Crippen molar-refractivity contribution in [2.75, 3.05) is 31.2 Å². The molecule has 3 heterocycles. The second-order valence-corrected chi connectivity index (χ2v) is 11.0. The first kappa shape index (κ1) is 20.2. The molecule has 9 heteroatoms. The Hall–Kier alpha value is -0.520. The Labute approximate surface area is 170 Å². The van der Waals surface area contributed by atoms with Crippen molar-refractivity contribution in [1.29, 1.82) is 0 Å². The maximum atomic E-state index is 12.2. The predicted octanol–water partition coefficient (Wildman–Crippen LogP) is 1.41. The van der Waals surface area contributed by atoms with E-state index in [1.165, 1.54) is 0 Å². The molecule has 1 spiro atoms. The molecule has 2 aliphatic heterocycles. The van der Waals surface area contributed by atoms with Gasteiger partial charge in [0, 0.05) is 31.7 Å². The molecule has 0 bridgehead atoms. The molecule has 2 fully saturated rings. The lowest BCUT2D eigenvalue weighted by molar-refractivity contribution is 0.121. The van der Waals surface area contributed by atoms with Gasteiger partial charge in [0.05, 0.1) is 32.5 Å².